The third-order valence-corrected chi connectivity index (χ3v) is 5.57. The van der Waals surface area contributed by atoms with Gasteiger partial charge in [-0.1, -0.05) is 12.2 Å². The fourth-order valence-electron chi connectivity index (χ4n) is 4.15. The molecule has 2 aliphatic rings. The van der Waals surface area contributed by atoms with E-state index in [1.54, 1.807) is 6.08 Å². The van der Waals surface area contributed by atoms with Crippen molar-refractivity contribution in [1.29, 1.82) is 0 Å². The van der Waals surface area contributed by atoms with E-state index >= 15 is 0 Å². The Morgan fingerprint density at radius 3 is 2.44 bits per heavy atom. The van der Waals surface area contributed by atoms with Crippen LogP contribution in [0.3, 0.4) is 0 Å². The topological polar surface area (TPSA) is 29.5 Å². The summed E-state index contributed by atoms with van der Waals surface area (Å²) in [6.07, 6.45) is 7.56. The first-order valence-corrected chi connectivity index (χ1v) is 10.4. The second-order valence-corrected chi connectivity index (χ2v) is 11.3. The van der Waals surface area contributed by atoms with Gasteiger partial charge in [0, 0.05) is 5.92 Å². The number of aliphatic hydroxyl groups is 1. The molecule has 2 bridgehead atoms. The Morgan fingerprint density at radius 2 is 2.00 bits per heavy atom. The van der Waals surface area contributed by atoms with Crippen molar-refractivity contribution in [2.24, 2.45) is 11.8 Å². The van der Waals surface area contributed by atoms with Crippen molar-refractivity contribution in [1.82, 2.24) is 0 Å². The van der Waals surface area contributed by atoms with Crippen LogP contribution in [-0.2, 0) is 4.43 Å². The Hall–Kier alpha value is -0.383. The maximum Gasteiger partial charge on any atom is 0.184 e. The highest BCUT2D eigenvalue weighted by atomic mass is 28.4. The second kappa shape index (κ2) is 4.32. The zero-order chi connectivity index (χ0) is 13.6. The minimum absolute atomic E-state index is 0.185. The van der Waals surface area contributed by atoms with Crippen molar-refractivity contribution in [3.8, 4) is 0 Å². The van der Waals surface area contributed by atoms with Gasteiger partial charge >= 0.3 is 0 Å². The van der Waals surface area contributed by atoms with Crippen LogP contribution in [-0.4, -0.2) is 24.6 Å². The summed E-state index contributed by atoms with van der Waals surface area (Å²) in [5, 5.41) is 10.7. The summed E-state index contributed by atoms with van der Waals surface area (Å²) in [5.74, 6) is 0.646. The van der Waals surface area contributed by atoms with Crippen LogP contribution in [0, 0.1) is 11.8 Å². The van der Waals surface area contributed by atoms with Gasteiger partial charge in [-0.25, -0.2) is 0 Å². The molecule has 2 saturated carbocycles. The summed E-state index contributed by atoms with van der Waals surface area (Å²) in [7, 11) is -1.64. The summed E-state index contributed by atoms with van der Waals surface area (Å²) in [6, 6.07) is 0. The molecule has 0 spiro atoms. The van der Waals surface area contributed by atoms with Crippen LogP contribution in [0.4, 0.5) is 0 Å². The minimum atomic E-state index is -1.64. The predicted octanol–water partition coefficient (Wildman–Crippen LogP) is 3.50. The van der Waals surface area contributed by atoms with E-state index in [9.17, 15) is 5.11 Å². The van der Waals surface area contributed by atoms with E-state index < -0.39 is 13.9 Å². The molecule has 2 nitrogen and oxygen atoms in total. The molecule has 0 saturated heterocycles. The summed E-state index contributed by atoms with van der Waals surface area (Å²) >= 11 is 0. The highest BCUT2D eigenvalue weighted by molar-refractivity contribution is 6.69. The van der Waals surface area contributed by atoms with Crippen molar-refractivity contribution in [3.05, 3.63) is 25.3 Å². The van der Waals surface area contributed by atoms with Crippen LogP contribution >= 0.6 is 0 Å². The number of rotatable bonds is 5. The highest BCUT2D eigenvalue weighted by Crippen LogP contribution is 2.61. The average molecular weight is 266 g/mol. The van der Waals surface area contributed by atoms with E-state index in [-0.39, 0.29) is 11.5 Å². The van der Waals surface area contributed by atoms with Gasteiger partial charge in [-0.05, 0) is 51.2 Å². The van der Waals surface area contributed by atoms with Crippen molar-refractivity contribution < 1.29 is 9.53 Å². The van der Waals surface area contributed by atoms with Gasteiger partial charge in [-0.15, -0.1) is 13.2 Å². The fraction of sp³-hybridized carbons (Fsp3) is 0.733. The van der Waals surface area contributed by atoms with Gasteiger partial charge in [0.25, 0.3) is 0 Å². The fourth-order valence-corrected chi connectivity index (χ4v) is 5.68. The molecule has 0 aromatic carbocycles. The molecule has 0 heterocycles. The average Bonchev–Trinajstić information content (AvgIpc) is 2.66. The molecule has 0 unspecified atom stereocenters. The summed E-state index contributed by atoms with van der Waals surface area (Å²) in [4.78, 5) is 0. The molecule has 102 valence electrons. The van der Waals surface area contributed by atoms with Crippen LogP contribution in [0.5, 0.6) is 0 Å². The quantitative estimate of drug-likeness (QED) is 0.609. The van der Waals surface area contributed by atoms with E-state index in [1.807, 2.05) is 6.08 Å². The van der Waals surface area contributed by atoms with Crippen molar-refractivity contribution >= 4 is 8.32 Å². The molecule has 2 rings (SSSR count). The van der Waals surface area contributed by atoms with Gasteiger partial charge in [0.1, 0.15) is 0 Å². The first kappa shape index (κ1) is 14.0. The number of fused-ring (bicyclic) bond motifs is 2. The predicted molar refractivity (Wildman–Crippen MR) is 78.0 cm³/mol. The lowest BCUT2D eigenvalue weighted by Crippen LogP contribution is -2.49. The molecule has 0 radical (unpaired) electrons. The maximum absolute atomic E-state index is 10.7. The van der Waals surface area contributed by atoms with Gasteiger partial charge in [-0.2, -0.15) is 0 Å². The monoisotopic (exact) mass is 266 g/mol. The molecular weight excluding hydrogens is 240 g/mol. The highest BCUT2D eigenvalue weighted by Gasteiger charge is 2.65. The summed E-state index contributed by atoms with van der Waals surface area (Å²) in [5.41, 5.74) is -0.916. The van der Waals surface area contributed by atoms with Gasteiger partial charge in [-0.3, -0.25) is 0 Å². The van der Waals surface area contributed by atoms with Crippen LogP contribution in [0.1, 0.15) is 25.7 Å². The SMILES string of the molecule is C=CC[C@@]1(O[Si](C)(C)C)[C@@H]2CC[C@H]1[C@](O)(C=C)C2. The van der Waals surface area contributed by atoms with Gasteiger partial charge in [0.15, 0.2) is 8.32 Å². The van der Waals surface area contributed by atoms with E-state index in [0.717, 1.165) is 19.3 Å². The van der Waals surface area contributed by atoms with Crippen LogP contribution < -0.4 is 0 Å². The Labute approximate surface area is 112 Å². The maximum atomic E-state index is 10.7. The normalized spacial score (nSPS) is 43.1. The Bertz CT molecular complexity index is 360. The molecule has 0 aromatic heterocycles. The Morgan fingerprint density at radius 1 is 1.33 bits per heavy atom. The van der Waals surface area contributed by atoms with Crippen molar-refractivity contribution in [3.63, 3.8) is 0 Å². The van der Waals surface area contributed by atoms with E-state index in [4.69, 9.17) is 4.43 Å². The molecule has 0 aliphatic heterocycles. The minimum Gasteiger partial charge on any atom is -0.411 e. The van der Waals surface area contributed by atoms with Crippen molar-refractivity contribution in [2.75, 3.05) is 0 Å². The molecule has 18 heavy (non-hydrogen) atoms. The Balaban J connectivity index is 2.37. The molecule has 0 amide bonds. The van der Waals surface area contributed by atoms with Gasteiger partial charge in [0.2, 0.25) is 0 Å². The van der Waals surface area contributed by atoms with Crippen LogP contribution in [0.25, 0.3) is 0 Å². The molecule has 4 atom stereocenters. The van der Waals surface area contributed by atoms with Gasteiger partial charge in [0.05, 0.1) is 11.2 Å². The Kier molecular flexibility index (Phi) is 3.37. The lowest BCUT2D eigenvalue weighted by atomic mass is 9.81. The lowest BCUT2D eigenvalue weighted by molar-refractivity contribution is -0.0307. The molecule has 1 N–H and O–H groups in total. The molecule has 2 aliphatic carbocycles. The van der Waals surface area contributed by atoms with Crippen LogP contribution in [0.2, 0.25) is 19.6 Å². The second-order valence-electron chi connectivity index (χ2n) is 6.89. The summed E-state index contributed by atoms with van der Waals surface area (Å²) < 4.78 is 6.57. The molecular formula is C15H26O2Si. The number of hydrogen-bond acceptors (Lipinski definition) is 2. The zero-order valence-electron chi connectivity index (χ0n) is 11.9. The van der Waals surface area contributed by atoms with E-state index in [0.29, 0.717) is 5.92 Å². The van der Waals surface area contributed by atoms with Crippen LogP contribution in [0.15, 0.2) is 25.3 Å². The van der Waals surface area contributed by atoms with Gasteiger partial charge < -0.3 is 9.53 Å². The summed E-state index contributed by atoms with van der Waals surface area (Å²) in [6.45, 7) is 14.4. The first-order chi connectivity index (χ1) is 8.27. The molecule has 3 heteroatoms. The molecule has 0 aromatic rings. The zero-order valence-corrected chi connectivity index (χ0v) is 12.9. The smallest absolute Gasteiger partial charge is 0.184 e. The molecule has 2 fully saturated rings. The van der Waals surface area contributed by atoms with Crippen molar-refractivity contribution in [2.45, 2.75) is 56.5 Å². The van der Waals surface area contributed by atoms with E-state index in [1.165, 1.54) is 6.42 Å². The van der Waals surface area contributed by atoms with E-state index in [2.05, 4.69) is 32.8 Å². The number of hydrogen-bond donors (Lipinski definition) is 1. The lowest BCUT2D eigenvalue weighted by Gasteiger charge is -2.41. The first-order valence-electron chi connectivity index (χ1n) is 6.94. The third kappa shape index (κ3) is 2.02. The third-order valence-electron chi connectivity index (χ3n) is 4.57. The largest absolute Gasteiger partial charge is 0.411 e. The standard InChI is InChI=1S/C15H26O2Si/c1-6-10-15(17-18(3,4)5)12-8-9-13(15)14(16,7-2)11-12/h6-7,12-13,16H,1-2,8-11H2,3-5H3/t12-,13+,14+,15-/m1/s1.